The third-order valence-electron chi connectivity index (χ3n) is 3.54. The molecular weight excluding hydrogens is 308 g/mol. The molecule has 1 N–H and O–H groups in total. The van der Waals surface area contributed by atoms with Crippen LogP contribution in [0.3, 0.4) is 0 Å². The summed E-state index contributed by atoms with van der Waals surface area (Å²) >= 11 is 1.59. The average Bonchev–Trinajstić information content (AvgIpc) is 3.09. The van der Waals surface area contributed by atoms with Gasteiger partial charge in [0.1, 0.15) is 0 Å². The number of para-hydroxylation sites is 1. The molecule has 122 valence electrons. The zero-order valence-electron chi connectivity index (χ0n) is 13.8. The van der Waals surface area contributed by atoms with Gasteiger partial charge >= 0.3 is 0 Å². The fraction of sp³-hybridized carbons (Fsp3) is 0.333. The van der Waals surface area contributed by atoms with Crippen LogP contribution in [-0.2, 0) is 22.5 Å². The minimum Gasteiger partial charge on any atom is -0.385 e. The molecule has 0 fully saturated rings. The molecule has 0 atom stereocenters. The number of nitrogens with one attached hydrogen (secondary N) is 1. The number of amides is 1. The first-order chi connectivity index (χ1) is 11.2. The smallest absolute Gasteiger partial charge is 0.265 e. The summed E-state index contributed by atoms with van der Waals surface area (Å²) in [6.07, 6.45) is 1.75. The van der Waals surface area contributed by atoms with Crippen LogP contribution in [0.15, 0.2) is 40.9 Å². The Morgan fingerprint density at radius 1 is 1.17 bits per heavy atom. The minimum atomic E-state index is -0.191. The summed E-state index contributed by atoms with van der Waals surface area (Å²) in [5.74, 6) is -0.191. The fourth-order valence-electron chi connectivity index (χ4n) is 2.30. The molecule has 0 radical (unpaired) electrons. The molecule has 0 saturated heterocycles. The Morgan fingerprint density at radius 3 is 2.43 bits per heavy atom. The number of benzene rings is 1. The molecule has 4 nitrogen and oxygen atoms in total. The lowest BCUT2D eigenvalue weighted by atomic mass is 10.0. The number of aryl methyl sites for hydroxylation is 2. The fourth-order valence-corrected chi connectivity index (χ4v) is 2.96. The van der Waals surface area contributed by atoms with Crippen molar-refractivity contribution in [1.29, 1.82) is 0 Å². The van der Waals surface area contributed by atoms with Crippen molar-refractivity contribution in [2.24, 2.45) is 5.16 Å². The Kier molecular flexibility index (Phi) is 6.35. The van der Waals surface area contributed by atoms with Crippen molar-refractivity contribution < 1.29 is 9.63 Å². The van der Waals surface area contributed by atoms with Gasteiger partial charge in [-0.05, 0) is 42.3 Å². The maximum absolute atomic E-state index is 12.1. The summed E-state index contributed by atoms with van der Waals surface area (Å²) < 4.78 is 0. The second-order valence-electron chi connectivity index (χ2n) is 5.13. The molecule has 0 unspecified atom stereocenters. The van der Waals surface area contributed by atoms with Crippen molar-refractivity contribution in [1.82, 2.24) is 0 Å². The predicted octanol–water partition coefficient (Wildman–Crippen LogP) is 4.25. The molecule has 0 aliphatic rings. The van der Waals surface area contributed by atoms with E-state index >= 15 is 0 Å². The molecule has 1 aromatic carbocycles. The van der Waals surface area contributed by atoms with Crippen LogP contribution in [0, 0.1) is 0 Å². The number of thiophene rings is 1. The van der Waals surface area contributed by atoms with Crippen LogP contribution >= 0.6 is 11.3 Å². The summed E-state index contributed by atoms with van der Waals surface area (Å²) in [7, 11) is 0. The normalized spacial score (nSPS) is 11.3. The van der Waals surface area contributed by atoms with E-state index < -0.39 is 0 Å². The van der Waals surface area contributed by atoms with Gasteiger partial charge in [0.05, 0.1) is 10.6 Å². The van der Waals surface area contributed by atoms with E-state index in [0.29, 0.717) is 0 Å². The highest BCUT2D eigenvalue weighted by molar-refractivity contribution is 7.12. The van der Waals surface area contributed by atoms with Gasteiger partial charge in [0.25, 0.3) is 5.91 Å². The van der Waals surface area contributed by atoms with Gasteiger partial charge in [0.15, 0.2) is 6.61 Å². The molecule has 0 spiro atoms. The van der Waals surface area contributed by atoms with Crippen molar-refractivity contribution in [2.75, 3.05) is 11.9 Å². The van der Waals surface area contributed by atoms with E-state index in [9.17, 15) is 4.79 Å². The number of oxime groups is 1. The molecular formula is C18H22N2O2S. The third-order valence-corrected chi connectivity index (χ3v) is 4.52. The SMILES string of the molecule is CCc1cccc(CC)c1NC(=O)CO/N=C(\C)c1cccs1. The number of carbonyl (C=O) groups is 1. The van der Waals surface area contributed by atoms with E-state index in [0.717, 1.165) is 40.2 Å². The number of nitrogens with zero attached hydrogens (tertiary/aromatic N) is 1. The van der Waals surface area contributed by atoms with E-state index in [4.69, 9.17) is 4.84 Å². The molecule has 0 bridgehead atoms. The topological polar surface area (TPSA) is 50.7 Å². The van der Waals surface area contributed by atoms with Crippen molar-refractivity contribution in [3.05, 3.63) is 51.7 Å². The van der Waals surface area contributed by atoms with Gasteiger partial charge in [-0.2, -0.15) is 0 Å². The van der Waals surface area contributed by atoms with E-state index in [1.807, 2.05) is 42.6 Å². The van der Waals surface area contributed by atoms with Crippen molar-refractivity contribution in [3.63, 3.8) is 0 Å². The Labute approximate surface area is 141 Å². The van der Waals surface area contributed by atoms with Crippen LogP contribution in [-0.4, -0.2) is 18.2 Å². The summed E-state index contributed by atoms with van der Waals surface area (Å²) in [5, 5.41) is 8.94. The van der Waals surface area contributed by atoms with Gasteiger partial charge in [0.2, 0.25) is 0 Å². The van der Waals surface area contributed by atoms with E-state index in [1.165, 1.54) is 0 Å². The lowest BCUT2D eigenvalue weighted by molar-refractivity contribution is -0.120. The molecule has 2 aromatic rings. The van der Waals surface area contributed by atoms with Gasteiger partial charge in [-0.3, -0.25) is 4.79 Å². The molecule has 0 aliphatic heterocycles. The second kappa shape index (κ2) is 8.48. The highest BCUT2D eigenvalue weighted by Crippen LogP contribution is 2.22. The maximum atomic E-state index is 12.1. The van der Waals surface area contributed by atoms with Crippen LogP contribution in [0.2, 0.25) is 0 Å². The van der Waals surface area contributed by atoms with Crippen LogP contribution < -0.4 is 5.32 Å². The summed E-state index contributed by atoms with van der Waals surface area (Å²) in [5.41, 5.74) is 3.95. The van der Waals surface area contributed by atoms with E-state index in [2.05, 4.69) is 24.3 Å². The highest BCUT2D eigenvalue weighted by atomic mass is 32.1. The molecule has 1 heterocycles. The number of hydrogen-bond donors (Lipinski definition) is 1. The Morgan fingerprint density at radius 2 is 1.87 bits per heavy atom. The number of hydrogen-bond acceptors (Lipinski definition) is 4. The molecule has 2 rings (SSSR count). The standard InChI is InChI=1S/C18H22N2O2S/c1-4-14-8-6-9-15(5-2)18(14)19-17(21)12-22-20-13(3)16-10-7-11-23-16/h6-11H,4-5,12H2,1-3H3,(H,19,21)/b20-13+. The Balaban J connectivity index is 1.96. The van der Waals surface area contributed by atoms with Crippen LogP contribution in [0.5, 0.6) is 0 Å². The number of carbonyl (C=O) groups excluding carboxylic acids is 1. The monoisotopic (exact) mass is 330 g/mol. The van der Waals surface area contributed by atoms with Crippen molar-refractivity contribution in [3.8, 4) is 0 Å². The summed E-state index contributed by atoms with van der Waals surface area (Å²) in [4.78, 5) is 18.3. The molecule has 5 heteroatoms. The van der Waals surface area contributed by atoms with E-state index in [1.54, 1.807) is 11.3 Å². The molecule has 23 heavy (non-hydrogen) atoms. The number of rotatable bonds is 7. The summed E-state index contributed by atoms with van der Waals surface area (Å²) in [6.45, 7) is 5.93. The van der Waals surface area contributed by atoms with Crippen molar-refractivity contribution >= 4 is 28.6 Å². The molecule has 1 aromatic heterocycles. The maximum Gasteiger partial charge on any atom is 0.265 e. The summed E-state index contributed by atoms with van der Waals surface area (Å²) in [6, 6.07) is 10.0. The first-order valence-corrected chi connectivity index (χ1v) is 8.64. The van der Waals surface area contributed by atoms with Crippen molar-refractivity contribution in [2.45, 2.75) is 33.6 Å². The van der Waals surface area contributed by atoms with Crippen LogP contribution in [0.1, 0.15) is 36.8 Å². The van der Waals surface area contributed by atoms with E-state index in [-0.39, 0.29) is 12.5 Å². The minimum absolute atomic E-state index is 0.0933. The van der Waals surface area contributed by atoms with Gasteiger partial charge in [-0.25, -0.2) is 0 Å². The average molecular weight is 330 g/mol. The molecule has 1 amide bonds. The lowest BCUT2D eigenvalue weighted by Crippen LogP contribution is -2.19. The molecule has 0 saturated carbocycles. The van der Waals surface area contributed by atoms with Gasteiger partial charge in [-0.15, -0.1) is 11.3 Å². The van der Waals surface area contributed by atoms with Crippen LogP contribution in [0.4, 0.5) is 5.69 Å². The zero-order valence-corrected chi connectivity index (χ0v) is 14.6. The number of anilines is 1. The lowest BCUT2D eigenvalue weighted by Gasteiger charge is -2.14. The molecule has 0 aliphatic carbocycles. The highest BCUT2D eigenvalue weighted by Gasteiger charge is 2.10. The first kappa shape index (κ1) is 17.2. The van der Waals surface area contributed by atoms with Gasteiger partial charge < -0.3 is 10.2 Å². The quantitative estimate of drug-likeness (QED) is 0.609. The first-order valence-electron chi connectivity index (χ1n) is 7.76. The Bertz CT molecular complexity index is 656. The van der Waals surface area contributed by atoms with Gasteiger partial charge in [0, 0.05) is 5.69 Å². The largest absolute Gasteiger partial charge is 0.385 e. The predicted molar refractivity (Wildman–Crippen MR) is 96.3 cm³/mol. The Hall–Kier alpha value is -2.14. The second-order valence-corrected chi connectivity index (χ2v) is 6.08. The zero-order chi connectivity index (χ0) is 16.7. The van der Waals surface area contributed by atoms with Gasteiger partial charge in [-0.1, -0.05) is 43.3 Å². The third kappa shape index (κ3) is 4.66. The van der Waals surface area contributed by atoms with Crippen LogP contribution in [0.25, 0.3) is 0 Å².